The van der Waals surface area contributed by atoms with Crippen molar-refractivity contribution in [1.82, 2.24) is 0 Å². The molecular weight excluding hydrogens is 288 g/mol. The Kier molecular flexibility index (Phi) is 4.34. The predicted octanol–water partition coefficient (Wildman–Crippen LogP) is 3.10. The molecule has 0 unspecified atom stereocenters. The van der Waals surface area contributed by atoms with Crippen LogP contribution in [0.15, 0.2) is 34.8 Å². The monoisotopic (exact) mass is 298 g/mol. The zero-order chi connectivity index (χ0) is 13.0. The van der Waals surface area contributed by atoms with Gasteiger partial charge in [-0.05, 0) is 27.4 Å². The molecule has 3 N–H and O–H groups in total. The molecule has 0 heterocycles. The molecule has 0 aromatic heterocycles. The van der Waals surface area contributed by atoms with E-state index in [-0.39, 0.29) is 11.5 Å². The predicted molar refractivity (Wildman–Crippen MR) is 68.3 cm³/mol. The van der Waals surface area contributed by atoms with E-state index in [1.165, 1.54) is 0 Å². The van der Waals surface area contributed by atoms with E-state index in [1.807, 2.05) is 18.2 Å². The Balaban J connectivity index is 0.000000317. The minimum absolute atomic E-state index is 0.0787. The first-order valence-electron chi connectivity index (χ1n) is 4.72. The average Bonchev–Trinajstić information content (AvgIpc) is 2.25. The van der Waals surface area contributed by atoms with Gasteiger partial charge < -0.3 is 15.3 Å². The van der Waals surface area contributed by atoms with Gasteiger partial charge in [0.25, 0.3) is 5.97 Å². The summed E-state index contributed by atoms with van der Waals surface area (Å²) < 4.78 is 0.503. The van der Waals surface area contributed by atoms with Crippen molar-refractivity contribution < 1.29 is 20.1 Å². The lowest BCUT2D eigenvalue weighted by molar-refractivity contribution is -0.134. The number of carboxylic acids is 1. The van der Waals surface area contributed by atoms with Gasteiger partial charge in [0.1, 0.15) is 0 Å². The highest BCUT2D eigenvalue weighted by molar-refractivity contribution is 9.10. The van der Waals surface area contributed by atoms with Gasteiger partial charge in [-0.25, -0.2) is 0 Å². The summed E-state index contributed by atoms with van der Waals surface area (Å²) in [4.78, 5) is 9.00. The number of carboxylic acid groups (broad SMARTS) is 1. The second kappa shape index (κ2) is 5.54. The largest absolute Gasteiger partial charge is 0.504 e. The van der Waals surface area contributed by atoms with Crippen LogP contribution in [-0.2, 0) is 4.79 Å². The van der Waals surface area contributed by atoms with Crippen LogP contribution in [0, 0.1) is 0 Å². The first-order chi connectivity index (χ1) is 7.93. The summed E-state index contributed by atoms with van der Waals surface area (Å²) in [7, 11) is 0. The van der Waals surface area contributed by atoms with E-state index < -0.39 is 5.97 Å². The van der Waals surface area contributed by atoms with E-state index in [4.69, 9.17) is 9.90 Å². The van der Waals surface area contributed by atoms with Crippen LogP contribution in [0.5, 0.6) is 11.5 Å². The molecule has 0 atom stereocenters. The van der Waals surface area contributed by atoms with Gasteiger partial charge in [-0.3, -0.25) is 4.79 Å². The van der Waals surface area contributed by atoms with Crippen LogP contribution in [0.2, 0.25) is 0 Å². The van der Waals surface area contributed by atoms with E-state index in [9.17, 15) is 10.2 Å². The van der Waals surface area contributed by atoms with E-state index in [2.05, 4.69) is 15.9 Å². The summed E-state index contributed by atoms with van der Waals surface area (Å²) in [5.74, 6) is -1.02. The maximum atomic E-state index is 9.56. The number of aromatic hydroxyl groups is 2. The summed E-state index contributed by atoms with van der Waals surface area (Å²) in [6.45, 7) is 1.08. The number of aliphatic carboxylic acids is 1. The van der Waals surface area contributed by atoms with Crippen molar-refractivity contribution in [2.24, 2.45) is 0 Å². The van der Waals surface area contributed by atoms with Gasteiger partial charge in [-0.2, -0.15) is 0 Å². The summed E-state index contributed by atoms with van der Waals surface area (Å²) in [6.07, 6.45) is 0. The third-order valence-electron chi connectivity index (χ3n) is 1.95. The Morgan fingerprint density at radius 2 is 1.71 bits per heavy atom. The van der Waals surface area contributed by atoms with E-state index in [0.717, 1.165) is 12.3 Å². The lowest BCUT2D eigenvalue weighted by Gasteiger charge is -2.04. The van der Waals surface area contributed by atoms with Crippen molar-refractivity contribution in [3.05, 3.63) is 34.8 Å². The van der Waals surface area contributed by atoms with Crippen LogP contribution in [0.3, 0.4) is 0 Å². The number of halogens is 1. The maximum Gasteiger partial charge on any atom is 0.300 e. The summed E-state index contributed by atoms with van der Waals surface area (Å²) >= 11 is 3.16. The fraction of sp³-hybridized carbons (Fsp3) is 0.0833. The van der Waals surface area contributed by atoms with E-state index >= 15 is 0 Å². The molecule has 5 heteroatoms. The molecule has 0 aliphatic rings. The molecule has 0 spiro atoms. The van der Waals surface area contributed by atoms with Crippen LogP contribution >= 0.6 is 15.9 Å². The summed E-state index contributed by atoms with van der Waals surface area (Å²) in [6, 6.07) is 9.10. The molecule has 0 amide bonds. The third kappa shape index (κ3) is 3.35. The van der Waals surface area contributed by atoms with Crippen molar-refractivity contribution in [1.29, 1.82) is 0 Å². The van der Waals surface area contributed by atoms with Gasteiger partial charge in [0.05, 0.1) is 4.47 Å². The molecule has 17 heavy (non-hydrogen) atoms. The van der Waals surface area contributed by atoms with Gasteiger partial charge >= 0.3 is 0 Å². The Morgan fingerprint density at radius 3 is 2.29 bits per heavy atom. The van der Waals surface area contributed by atoms with Gasteiger partial charge in [-0.15, -0.1) is 0 Å². The molecule has 4 nitrogen and oxygen atoms in total. The van der Waals surface area contributed by atoms with Crippen molar-refractivity contribution in [3.8, 4) is 11.5 Å². The number of hydrogen-bond acceptors (Lipinski definition) is 3. The maximum absolute atomic E-state index is 9.56. The van der Waals surface area contributed by atoms with Crippen molar-refractivity contribution in [3.63, 3.8) is 0 Å². The highest BCUT2D eigenvalue weighted by Gasteiger charge is 2.08. The molecule has 0 aliphatic heterocycles. The number of fused-ring (bicyclic) bond motifs is 1. The minimum Gasteiger partial charge on any atom is -0.504 e. The van der Waals surface area contributed by atoms with Crippen molar-refractivity contribution in [2.45, 2.75) is 6.92 Å². The second-order valence-electron chi connectivity index (χ2n) is 3.30. The van der Waals surface area contributed by atoms with Crippen LogP contribution in [0.4, 0.5) is 0 Å². The second-order valence-corrected chi connectivity index (χ2v) is 4.15. The van der Waals surface area contributed by atoms with Crippen LogP contribution in [0.25, 0.3) is 10.8 Å². The molecule has 0 bridgehead atoms. The van der Waals surface area contributed by atoms with Gasteiger partial charge in [0.2, 0.25) is 0 Å². The molecule has 0 radical (unpaired) electrons. The fourth-order valence-corrected chi connectivity index (χ4v) is 1.72. The number of phenolic OH excluding ortho intramolecular Hbond substituents is 2. The van der Waals surface area contributed by atoms with Gasteiger partial charge in [-0.1, -0.05) is 24.3 Å². The summed E-state index contributed by atoms with van der Waals surface area (Å²) in [5.41, 5.74) is 0. The minimum atomic E-state index is -0.833. The standard InChI is InChI=1S/C10H7BrO2.C2H4O2/c11-8-5-6-3-1-2-4-7(6)9(12)10(8)13;1-2(3)4/h1-5,12-13H;1H3,(H,3,4). The Hall–Kier alpha value is -1.75. The van der Waals surface area contributed by atoms with E-state index in [0.29, 0.717) is 9.86 Å². The van der Waals surface area contributed by atoms with Crippen LogP contribution in [-0.4, -0.2) is 21.3 Å². The van der Waals surface area contributed by atoms with Crippen LogP contribution < -0.4 is 0 Å². The highest BCUT2D eigenvalue weighted by Crippen LogP contribution is 2.39. The normalized spacial score (nSPS) is 9.53. The fourth-order valence-electron chi connectivity index (χ4n) is 1.28. The Labute approximate surface area is 106 Å². The number of hydrogen-bond donors (Lipinski definition) is 3. The first kappa shape index (κ1) is 13.3. The van der Waals surface area contributed by atoms with Gasteiger partial charge in [0, 0.05) is 12.3 Å². The zero-order valence-electron chi connectivity index (χ0n) is 9.01. The zero-order valence-corrected chi connectivity index (χ0v) is 10.6. The average molecular weight is 299 g/mol. The molecule has 0 aliphatic carbocycles. The molecule has 90 valence electrons. The number of benzene rings is 2. The molecule has 2 aromatic rings. The molecular formula is C12H11BrO4. The SMILES string of the molecule is CC(=O)O.Oc1c(Br)cc2ccccc2c1O. The molecule has 2 aromatic carbocycles. The van der Waals surface area contributed by atoms with Crippen LogP contribution in [0.1, 0.15) is 6.92 Å². The Bertz CT molecular complexity index is 547. The van der Waals surface area contributed by atoms with Gasteiger partial charge in [0.15, 0.2) is 11.5 Å². The first-order valence-corrected chi connectivity index (χ1v) is 5.51. The van der Waals surface area contributed by atoms with E-state index in [1.54, 1.807) is 12.1 Å². The molecule has 0 saturated carbocycles. The quantitative estimate of drug-likeness (QED) is 0.653. The highest BCUT2D eigenvalue weighted by atomic mass is 79.9. The lowest BCUT2D eigenvalue weighted by Crippen LogP contribution is -1.78. The number of carbonyl (C=O) groups is 1. The topological polar surface area (TPSA) is 77.8 Å². The van der Waals surface area contributed by atoms with Crippen molar-refractivity contribution >= 4 is 32.7 Å². The third-order valence-corrected chi connectivity index (χ3v) is 2.55. The summed E-state index contributed by atoms with van der Waals surface area (Å²) in [5, 5.41) is 27.9. The lowest BCUT2D eigenvalue weighted by atomic mass is 10.1. The number of rotatable bonds is 0. The molecule has 0 saturated heterocycles. The molecule has 0 fully saturated rings. The van der Waals surface area contributed by atoms with Crippen molar-refractivity contribution in [2.75, 3.05) is 0 Å². The molecule has 2 rings (SSSR count). The smallest absolute Gasteiger partial charge is 0.300 e. The number of phenols is 2. The Morgan fingerprint density at radius 1 is 1.18 bits per heavy atom.